The molecule has 0 spiro atoms. The van der Waals surface area contributed by atoms with Gasteiger partial charge in [-0.25, -0.2) is 0 Å². The van der Waals surface area contributed by atoms with Gasteiger partial charge < -0.3 is 9.94 Å². The van der Waals surface area contributed by atoms with Crippen LogP contribution in [0.2, 0.25) is 0 Å². The second-order valence-electron chi connectivity index (χ2n) is 3.95. The molecule has 0 aliphatic rings. The second kappa shape index (κ2) is 4.31. The minimum absolute atomic E-state index is 0.656. The van der Waals surface area contributed by atoms with E-state index in [1.165, 1.54) is 0 Å². The van der Waals surface area contributed by atoms with Crippen LogP contribution in [0.25, 0.3) is 21.3 Å². The van der Waals surface area contributed by atoms with Gasteiger partial charge in [-0.3, -0.25) is 0 Å². The zero-order chi connectivity index (χ0) is 12.5. The minimum atomic E-state index is 0.656. The monoisotopic (exact) mass is 257 g/mol. The summed E-state index contributed by atoms with van der Waals surface area (Å²) in [5.74, 6) is 0.785. The first-order chi connectivity index (χ1) is 8.78. The Bertz CT molecular complexity index is 689. The van der Waals surface area contributed by atoms with Gasteiger partial charge in [0.25, 0.3) is 0 Å². The molecular formula is C14H11NO2S. The van der Waals surface area contributed by atoms with Crippen LogP contribution in [-0.4, -0.2) is 7.11 Å². The van der Waals surface area contributed by atoms with Crippen LogP contribution in [0.3, 0.4) is 0 Å². The van der Waals surface area contributed by atoms with Gasteiger partial charge in [-0.1, -0.05) is 0 Å². The first-order valence-corrected chi connectivity index (χ1v) is 6.41. The molecule has 0 unspecified atom stereocenters. The fourth-order valence-corrected chi connectivity index (χ4v) is 2.70. The highest BCUT2D eigenvalue weighted by molar-refractivity contribution is 7.17. The number of hydrogen-bond acceptors (Lipinski definition) is 3. The lowest BCUT2D eigenvalue weighted by Gasteiger charge is -2.05. The predicted molar refractivity (Wildman–Crippen MR) is 72.8 cm³/mol. The van der Waals surface area contributed by atoms with Crippen molar-refractivity contribution in [2.24, 2.45) is 0 Å². The van der Waals surface area contributed by atoms with Crippen molar-refractivity contribution in [3.63, 3.8) is 0 Å². The third kappa shape index (κ3) is 1.80. The molecule has 1 aromatic carbocycles. The molecule has 90 valence electrons. The van der Waals surface area contributed by atoms with Gasteiger partial charge in [0.2, 0.25) is 5.69 Å². The summed E-state index contributed by atoms with van der Waals surface area (Å²) in [6.45, 7) is 0. The van der Waals surface area contributed by atoms with Gasteiger partial charge in [-0.2, -0.15) is 4.73 Å². The van der Waals surface area contributed by atoms with Crippen LogP contribution in [0.1, 0.15) is 0 Å². The van der Waals surface area contributed by atoms with E-state index >= 15 is 0 Å². The molecule has 0 fully saturated rings. The Kier molecular flexibility index (Phi) is 2.64. The van der Waals surface area contributed by atoms with E-state index in [1.807, 2.05) is 41.8 Å². The largest absolute Gasteiger partial charge is 0.618 e. The lowest BCUT2D eigenvalue weighted by atomic mass is 10.1. The summed E-state index contributed by atoms with van der Waals surface area (Å²) in [6, 6.07) is 11.4. The van der Waals surface area contributed by atoms with Crippen LogP contribution >= 0.6 is 11.3 Å². The van der Waals surface area contributed by atoms with Crippen molar-refractivity contribution in [1.29, 1.82) is 0 Å². The van der Waals surface area contributed by atoms with Crippen LogP contribution in [0.5, 0.6) is 5.75 Å². The first kappa shape index (κ1) is 11.0. The molecule has 0 aliphatic heterocycles. The van der Waals surface area contributed by atoms with E-state index < -0.39 is 0 Å². The Hall–Kier alpha value is -2.07. The van der Waals surface area contributed by atoms with E-state index in [1.54, 1.807) is 24.6 Å². The molecule has 2 aromatic heterocycles. The molecule has 2 heterocycles. The van der Waals surface area contributed by atoms with Crippen molar-refractivity contribution in [3.05, 3.63) is 53.2 Å². The van der Waals surface area contributed by atoms with E-state index in [0.29, 0.717) is 5.69 Å². The number of benzene rings is 1. The van der Waals surface area contributed by atoms with Crippen LogP contribution in [-0.2, 0) is 0 Å². The summed E-state index contributed by atoms with van der Waals surface area (Å²) < 4.78 is 7.03. The van der Waals surface area contributed by atoms with E-state index in [-0.39, 0.29) is 0 Å². The topological polar surface area (TPSA) is 36.2 Å². The van der Waals surface area contributed by atoms with Crippen molar-refractivity contribution in [1.82, 2.24) is 0 Å². The number of thiophene rings is 1. The molecule has 0 bridgehead atoms. The predicted octanol–water partition coefficient (Wildman–Crippen LogP) is 3.21. The number of nitrogens with zero attached hydrogens (tertiary/aromatic N) is 1. The fraction of sp³-hybridized carbons (Fsp3) is 0.0714. The zero-order valence-corrected chi connectivity index (χ0v) is 10.6. The molecule has 0 amide bonds. The molecule has 18 heavy (non-hydrogen) atoms. The third-order valence-corrected chi connectivity index (χ3v) is 3.74. The Labute approximate surface area is 108 Å². The van der Waals surface area contributed by atoms with Crippen molar-refractivity contribution in [3.8, 4) is 17.0 Å². The van der Waals surface area contributed by atoms with Gasteiger partial charge in [0.05, 0.1) is 11.8 Å². The summed E-state index contributed by atoms with van der Waals surface area (Å²) in [5, 5.41) is 15.1. The van der Waals surface area contributed by atoms with Gasteiger partial charge in [0, 0.05) is 17.0 Å². The smallest absolute Gasteiger partial charge is 0.224 e. The lowest BCUT2D eigenvalue weighted by molar-refractivity contribution is -0.592. The van der Waals surface area contributed by atoms with Crippen molar-refractivity contribution < 1.29 is 9.47 Å². The molecule has 0 saturated carbocycles. The molecule has 3 rings (SSSR count). The number of ether oxygens (including phenoxy) is 1. The van der Waals surface area contributed by atoms with Gasteiger partial charge in [0.1, 0.15) is 5.75 Å². The van der Waals surface area contributed by atoms with Gasteiger partial charge in [-0.05, 0) is 35.7 Å². The second-order valence-corrected chi connectivity index (χ2v) is 4.90. The Balaban J connectivity index is 2.14. The summed E-state index contributed by atoms with van der Waals surface area (Å²) in [4.78, 5) is 0. The fourth-order valence-electron chi connectivity index (χ4n) is 1.91. The van der Waals surface area contributed by atoms with Crippen LogP contribution < -0.4 is 9.47 Å². The van der Waals surface area contributed by atoms with Gasteiger partial charge in [-0.15, -0.1) is 11.3 Å². The molecule has 3 nitrogen and oxygen atoms in total. The number of methoxy groups -OCH3 is 1. The molecule has 0 saturated heterocycles. The Morgan fingerprint density at radius 3 is 2.67 bits per heavy atom. The summed E-state index contributed by atoms with van der Waals surface area (Å²) >= 11 is 1.57. The maximum Gasteiger partial charge on any atom is 0.224 e. The maximum atomic E-state index is 12.0. The molecule has 0 N–H and O–H groups in total. The third-order valence-electron chi connectivity index (χ3n) is 2.88. The van der Waals surface area contributed by atoms with Crippen molar-refractivity contribution in [2.45, 2.75) is 0 Å². The van der Waals surface area contributed by atoms with E-state index in [9.17, 15) is 5.21 Å². The number of rotatable bonds is 2. The zero-order valence-electron chi connectivity index (χ0n) is 9.79. The number of fused-ring (bicyclic) bond motifs is 1. The van der Waals surface area contributed by atoms with E-state index in [0.717, 1.165) is 26.1 Å². The summed E-state index contributed by atoms with van der Waals surface area (Å²) in [5.41, 5.74) is 1.54. The van der Waals surface area contributed by atoms with Crippen molar-refractivity contribution >= 4 is 21.4 Å². The molecular weight excluding hydrogens is 246 g/mol. The highest BCUT2D eigenvalue weighted by Gasteiger charge is 2.11. The quantitative estimate of drug-likeness (QED) is 0.522. The lowest BCUT2D eigenvalue weighted by Crippen LogP contribution is -2.28. The van der Waals surface area contributed by atoms with Crippen LogP contribution in [0, 0.1) is 5.21 Å². The van der Waals surface area contributed by atoms with Gasteiger partial charge >= 0.3 is 0 Å². The van der Waals surface area contributed by atoms with Crippen LogP contribution in [0.15, 0.2) is 48.0 Å². The molecule has 0 radical (unpaired) electrons. The first-order valence-electron chi connectivity index (χ1n) is 5.53. The average Bonchev–Trinajstić information content (AvgIpc) is 2.85. The van der Waals surface area contributed by atoms with E-state index in [2.05, 4.69) is 0 Å². The Morgan fingerprint density at radius 2 is 1.94 bits per heavy atom. The number of pyridine rings is 1. The number of hydrogen-bond donors (Lipinski definition) is 0. The van der Waals surface area contributed by atoms with Crippen LogP contribution in [0.4, 0.5) is 0 Å². The maximum absolute atomic E-state index is 12.0. The number of aromatic nitrogens is 1. The Morgan fingerprint density at radius 1 is 1.17 bits per heavy atom. The molecule has 0 atom stereocenters. The molecule has 0 aliphatic carbocycles. The summed E-state index contributed by atoms with van der Waals surface area (Å²) in [7, 11) is 1.63. The highest BCUT2D eigenvalue weighted by Crippen LogP contribution is 2.25. The minimum Gasteiger partial charge on any atom is -0.618 e. The van der Waals surface area contributed by atoms with E-state index in [4.69, 9.17) is 4.74 Å². The average molecular weight is 257 g/mol. The van der Waals surface area contributed by atoms with Gasteiger partial charge in [0.15, 0.2) is 6.20 Å². The summed E-state index contributed by atoms with van der Waals surface area (Å²) in [6.07, 6.45) is 1.62. The SMILES string of the molecule is COc1ccc(-c2cc3ccsc3c[n+]2[O-])cc1. The normalized spacial score (nSPS) is 10.7. The standard InChI is InChI=1S/C14H11NO2S/c1-17-12-4-2-10(3-5-12)13-8-11-6-7-18-14(11)9-15(13)16/h2-9H,1H3. The molecule has 3 aromatic rings. The molecule has 4 heteroatoms. The highest BCUT2D eigenvalue weighted by atomic mass is 32.1. The van der Waals surface area contributed by atoms with Crippen molar-refractivity contribution in [2.75, 3.05) is 7.11 Å².